The summed E-state index contributed by atoms with van der Waals surface area (Å²) in [6.45, 7) is 4.94. The summed E-state index contributed by atoms with van der Waals surface area (Å²) in [7, 11) is 0. The Bertz CT molecular complexity index is 113. The normalized spacial score (nSPS) is 27.0. The van der Waals surface area contributed by atoms with Gasteiger partial charge in [0.15, 0.2) is 0 Å². The van der Waals surface area contributed by atoms with Crippen LogP contribution in [0.4, 0.5) is 0 Å². The van der Waals surface area contributed by atoms with Gasteiger partial charge in [0.1, 0.15) is 0 Å². The van der Waals surface area contributed by atoms with Crippen LogP contribution in [0.2, 0.25) is 0 Å². The van der Waals surface area contributed by atoms with Gasteiger partial charge in [-0.05, 0) is 25.8 Å². The summed E-state index contributed by atoms with van der Waals surface area (Å²) in [5.74, 6) is 0. The van der Waals surface area contributed by atoms with Crippen LogP contribution in [-0.2, 0) is 0 Å². The predicted molar refractivity (Wildman–Crippen MR) is 50.2 cm³/mol. The van der Waals surface area contributed by atoms with Crippen molar-refractivity contribution >= 4 is 0 Å². The molecule has 1 heterocycles. The smallest absolute Gasteiger partial charge is 0.0662 e. The number of aliphatic hydroxyl groups is 1. The summed E-state index contributed by atoms with van der Waals surface area (Å²) in [6, 6.07) is 0.569. The Labute approximate surface area is 74.5 Å². The van der Waals surface area contributed by atoms with E-state index in [1.165, 1.54) is 12.8 Å². The van der Waals surface area contributed by atoms with Crippen molar-refractivity contribution in [3.05, 3.63) is 0 Å². The fourth-order valence-corrected chi connectivity index (χ4v) is 1.47. The minimum absolute atomic E-state index is 0.174. The minimum Gasteiger partial charge on any atom is -0.392 e. The highest BCUT2D eigenvalue weighted by atomic mass is 16.3. The van der Waals surface area contributed by atoms with Crippen LogP contribution in [0.25, 0.3) is 0 Å². The van der Waals surface area contributed by atoms with Crippen LogP contribution in [0.15, 0.2) is 0 Å². The lowest BCUT2D eigenvalue weighted by Gasteiger charge is -2.24. The van der Waals surface area contributed by atoms with Crippen LogP contribution in [0.3, 0.4) is 0 Å². The van der Waals surface area contributed by atoms with Gasteiger partial charge in [-0.1, -0.05) is 6.92 Å². The van der Waals surface area contributed by atoms with Gasteiger partial charge in [-0.3, -0.25) is 0 Å². The third-order valence-electron chi connectivity index (χ3n) is 2.41. The van der Waals surface area contributed by atoms with Gasteiger partial charge in [-0.2, -0.15) is 0 Å². The second-order valence-electron chi connectivity index (χ2n) is 3.51. The van der Waals surface area contributed by atoms with Gasteiger partial charge < -0.3 is 15.7 Å². The Morgan fingerprint density at radius 2 is 2.50 bits per heavy atom. The lowest BCUT2D eigenvalue weighted by atomic mass is 10.1. The van der Waals surface area contributed by atoms with Crippen molar-refractivity contribution < 1.29 is 5.11 Å². The van der Waals surface area contributed by atoms with E-state index in [-0.39, 0.29) is 6.10 Å². The molecule has 1 saturated heterocycles. The van der Waals surface area contributed by atoms with E-state index in [0.717, 1.165) is 26.1 Å². The predicted octanol–water partition coefficient (Wildman–Crippen LogP) is 0.0989. The fourth-order valence-electron chi connectivity index (χ4n) is 1.47. The van der Waals surface area contributed by atoms with E-state index < -0.39 is 0 Å². The maximum absolute atomic E-state index is 9.31. The molecular weight excluding hydrogens is 152 g/mol. The van der Waals surface area contributed by atoms with Crippen LogP contribution in [0.1, 0.15) is 26.2 Å². The molecule has 3 heteroatoms. The molecule has 1 fully saturated rings. The highest BCUT2D eigenvalue weighted by molar-refractivity contribution is 4.75. The van der Waals surface area contributed by atoms with Crippen molar-refractivity contribution in [2.45, 2.75) is 38.3 Å². The third kappa shape index (κ3) is 3.52. The SMILES string of the molecule is CCC(O)CNC1CCCNC1. The summed E-state index contributed by atoms with van der Waals surface area (Å²) < 4.78 is 0. The molecule has 0 saturated carbocycles. The highest BCUT2D eigenvalue weighted by Crippen LogP contribution is 2.01. The molecule has 1 aliphatic heterocycles. The van der Waals surface area contributed by atoms with Crippen LogP contribution in [0, 0.1) is 0 Å². The molecule has 12 heavy (non-hydrogen) atoms. The number of nitrogens with one attached hydrogen (secondary N) is 2. The van der Waals surface area contributed by atoms with Crippen molar-refractivity contribution in [2.75, 3.05) is 19.6 Å². The van der Waals surface area contributed by atoms with E-state index >= 15 is 0 Å². The molecule has 0 aromatic carbocycles. The van der Waals surface area contributed by atoms with E-state index in [0.29, 0.717) is 6.04 Å². The second kappa shape index (κ2) is 5.51. The van der Waals surface area contributed by atoms with E-state index in [1.807, 2.05) is 6.92 Å². The summed E-state index contributed by atoms with van der Waals surface area (Å²) >= 11 is 0. The molecule has 1 aliphatic rings. The molecule has 3 N–H and O–H groups in total. The van der Waals surface area contributed by atoms with Gasteiger partial charge in [0.25, 0.3) is 0 Å². The third-order valence-corrected chi connectivity index (χ3v) is 2.41. The molecule has 0 spiro atoms. The standard InChI is InChI=1S/C9H20N2O/c1-2-9(12)7-11-8-4-3-5-10-6-8/h8-12H,2-7H2,1H3. The van der Waals surface area contributed by atoms with E-state index in [9.17, 15) is 5.11 Å². The van der Waals surface area contributed by atoms with Crippen LogP contribution in [-0.4, -0.2) is 36.9 Å². The van der Waals surface area contributed by atoms with Crippen molar-refractivity contribution in [3.8, 4) is 0 Å². The lowest BCUT2D eigenvalue weighted by Crippen LogP contribution is -2.45. The molecule has 0 aromatic heterocycles. The summed E-state index contributed by atoms with van der Waals surface area (Å²) in [5, 5.41) is 16.0. The molecular formula is C9H20N2O. The fraction of sp³-hybridized carbons (Fsp3) is 1.00. The van der Waals surface area contributed by atoms with Crippen molar-refractivity contribution in [1.29, 1.82) is 0 Å². The summed E-state index contributed by atoms with van der Waals surface area (Å²) in [4.78, 5) is 0. The number of aliphatic hydroxyl groups excluding tert-OH is 1. The molecule has 0 aliphatic carbocycles. The Balaban J connectivity index is 2.05. The lowest BCUT2D eigenvalue weighted by molar-refractivity contribution is 0.160. The van der Waals surface area contributed by atoms with Gasteiger partial charge in [0, 0.05) is 19.1 Å². The summed E-state index contributed by atoms with van der Waals surface area (Å²) in [6.07, 6.45) is 3.16. The first-order chi connectivity index (χ1) is 5.83. The Morgan fingerprint density at radius 1 is 1.67 bits per heavy atom. The first kappa shape index (κ1) is 9.96. The second-order valence-corrected chi connectivity index (χ2v) is 3.51. The summed E-state index contributed by atoms with van der Waals surface area (Å²) in [5.41, 5.74) is 0. The van der Waals surface area contributed by atoms with Crippen molar-refractivity contribution in [1.82, 2.24) is 10.6 Å². The zero-order chi connectivity index (χ0) is 8.81. The molecule has 1 rings (SSSR count). The van der Waals surface area contributed by atoms with Crippen molar-refractivity contribution in [2.24, 2.45) is 0 Å². The average molecular weight is 172 g/mol. The Morgan fingerprint density at radius 3 is 3.08 bits per heavy atom. The number of rotatable bonds is 4. The Kier molecular flexibility index (Phi) is 4.58. The van der Waals surface area contributed by atoms with Gasteiger partial charge in [-0.25, -0.2) is 0 Å². The quantitative estimate of drug-likeness (QED) is 0.563. The molecule has 0 amide bonds. The van der Waals surface area contributed by atoms with E-state index in [2.05, 4.69) is 10.6 Å². The van der Waals surface area contributed by atoms with Gasteiger partial charge >= 0.3 is 0 Å². The number of piperidine rings is 1. The Hall–Kier alpha value is -0.120. The minimum atomic E-state index is -0.174. The van der Waals surface area contributed by atoms with Gasteiger partial charge in [0.2, 0.25) is 0 Å². The highest BCUT2D eigenvalue weighted by Gasteiger charge is 2.12. The maximum atomic E-state index is 9.31. The number of hydrogen-bond acceptors (Lipinski definition) is 3. The van der Waals surface area contributed by atoms with E-state index in [4.69, 9.17) is 0 Å². The average Bonchev–Trinajstić information content (AvgIpc) is 2.16. The van der Waals surface area contributed by atoms with Gasteiger partial charge in [0.05, 0.1) is 6.10 Å². The maximum Gasteiger partial charge on any atom is 0.0662 e. The van der Waals surface area contributed by atoms with Crippen LogP contribution in [0.5, 0.6) is 0 Å². The monoisotopic (exact) mass is 172 g/mol. The molecule has 0 bridgehead atoms. The largest absolute Gasteiger partial charge is 0.392 e. The van der Waals surface area contributed by atoms with Crippen LogP contribution < -0.4 is 10.6 Å². The number of hydrogen-bond donors (Lipinski definition) is 3. The molecule has 3 nitrogen and oxygen atoms in total. The topological polar surface area (TPSA) is 44.3 Å². The molecule has 0 radical (unpaired) electrons. The molecule has 72 valence electrons. The van der Waals surface area contributed by atoms with Crippen LogP contribution >= 0.6 is 0 Å². The molecule has 2 unspecified atom stereocenters. The zero-order valence-electron chi connectivity index (χ0n) is 7.84. The molecule has 0 aromatic rings. The first-order valence-electron chi connectivity index (χ1n) is 4.95. The van der Waals surface area contributed by atoms with Gasteiger partial charge in [-0.15, -0.1) is 0 Å². The first-order valence-corrected chi connectivity index (χ1v) is 4.95. The zero-order valence-corrected chi connectivity index (χ0v) is 7.84. The van der Waals surface area contributed by atoms with E-state index in [1.54, 1.807) is 0 Å². The van der Waals surface area contributed by atoms with Crippen molar-refractivity contribution in [3.63, 3.8) is 0 Å². The molecule has 2 atom stereocenters.